The van der Waals surface area contributed by atoms with E-state index in [1.165, 1.54) is 18.4 Å². The molecule has 1 aliphatic carbocycles. The molecular weight excluding hydrogens is 226 g/mol. The zero-order valence-corrected chi connectivity index (χ0v) is 11.8. The summed E-state index contributed by atoms with van der Waals surface area (Å²) in [5.41, 5.74) is 1.23. The maximum absolute atomic E-state index is 5.83. The molecule has 0 spiro atoms. The van der Waals surface area contributed by atoms with Crippen LogP contribution in [0.4, 0.5) is 0 Å². The topological polar surface area (TPSA) is 34.4 Å². The van der Waals surface area contributed by atoms with Gasteiger partial charge in [0.05, 0.1) is 12.6 Å². The number of rotatable bonds is 8. The molecule has 1 unspecified atom stereocenters. The Hall–Kier alpha value is -0.800. The summed E-state index contributed by atoms with van der Waals surface area (Å²) in [5.74, 6) is 2.01. The highest BCUT2D eigenvalue weighted by Crippen LogP contribution is 2.21. The van der Waals surface area contributed by atoms with Gasteiger partial charge in [-0.1, -0.05) is 13.3 Å². The molecule has 2 rings (SSSR count). The van der Waals surface area contributed by atoms with E-state index in [1.807, 2.05) is 0 Å². The van der Waals surface area contributed by atoms with Crippen LogP contribution in [0, 0.1) is 6.92 Å². The van der Waals surface area contributed by atoms with Crippen LogP contribution in [-0.2, 0) is 17.9 Å². The third kappa shape index (κ3) is 4.14. The lowest BCUT2D eigenvalue weighted by molar-refractivity contribution is 0.0367. The molecule has 0 bridgehead atoms. The molecule has 1 N–H and O–H groups in total. The van der Waals surface area contributed by atoms with Crippen molar-refractivity contribution in [3.05, 3.63) is 23.2 Å². The fourth-order valence-electron chi connectivity index (χ4n) is 2.08. The molecule has 3 heteroatoms. The maximum Gasteiger partial charge on any atom is 0.130 e. The Morgan fingerprint density at radius 3 is 2.94 bits per heavy atom. The molecule has 0 aliphatic heterocycles. The van der Waals surface area contributed by atoms with Crippen molar-refractivity contribution in [2.75, 3.05) is 0 Å². The van der Waals surface area contributed by atoms with E-state index >= 15 is 0 Å². The van der Waals surface area contributed by atoms with Gasteiger partial charge in [-0.3, -0.25) is 0 Å². The van der Waals surface area contributed by atoms with Gasteiger partial charge in [-0.25, -0.2) is 0 Å². The van der Waals surface area contributed by atoms with Crippen molar-refractivity contribution >= 4 is 0 Å². The molecule has 1 heterocycles. The van der Waals surface area contributed by atoms with Crippen LogP contribution in [0.5, 0.6) is 0 Å². The second kappa shape index (κ2) is 6.39. The first-order valence-corrected chi connectivity index (χ1v) is 7.12. The van der Waals surface area contributed by atoms with Crippen molar-refractivity contribution in [2.45, 2.75) is 71.8 Å². The van der Waals surface area contributed by atoms with Gasteiger partial charge in [-0.2, -0.15) is 0 Å². The second-order valence-electron chi connectivity index (χ2n) is 5.38. The van der Waals surface area contributed by atoms with Gasteiger partial charge < -0.3 is 14.5 Å². The number of ether oxygens (including phenoxy) is 1. The first-order chi connectivity index (χ1) is 8.69. The quantitative estimate of drug-likeness (QED) is 0.767. The molecule has 0 amide bonds. The lowest BCUT2D eigenvalue weighted by atomic mass is 10.2. The minimum atomic E-state index is 0.313. The Bertz CT molecular complexity index is 369. The molecule has 1 aromatic heterocycles. The predicted octanol–water partition coefficient (Wildman–Crippen LogP) is 3.55. The van der Waals surface area contributed by atoms with Crippen LogP contribution < -0.4 is 5.32 Å². The van der Waals surface area contributed by atoms with Crippen molar-refractivity contribution in [3.63, 3.8) is 0 Å². The number of hydrogen-bond acceptors (Lipinski definition) is 3. The fourth-order valence-corrected chi connectivity index (χ4v) is 2.08. The molecule has 1 aliphatic rings. The van der Waals surface area contributed by atoms with Crippen LogP contribution in [0.15, 0.2) is 10.5 Å². The summed E-state index contributed by atoms with van der Waals surface area (Å²) < 4.78 is 11.6. The van der Waals surface area contributed by atoms with Crippen LogP contribution >= 0.6 is 0 Å². The number of nitrogens with one attached hydrogen (secondary N) is 1. The van der Waals surface area contributed by atoms with Crippen LogP contribution in [0.25, 0.3) is 0 Å². The number of aryl methyl sites for hydroxylation is 1. The zero-order chi connectivity index (χ0) is 13.0. The molecule has 1 fully saturated rings. The molecule has 1 atom stereocenters. The average Bonchev–Trinajstić information content (AvgIpc) is 3.09. The van der Waals surface area contributed by atoms with Crippen molar-refractivity contribution in [1.82, 2.24) is 5.32 Å². The zero-order valence-electron chi connectivity index (χ0n) is 11.8. The van der Waals surface area contributed by atoms with Gasteiger partial charge in [0.25, 0.3) is 0 Å². The number of hydrogen-bond donors (Lipinski definition) is 1. The Labute approximate surface area is 110 Å². The van der Waals surface area contributed by atoms with E-state index in [9.17, 15) is 0 Å². The van der Waals surface area contributed by atoms with Crippen molar-refractivity contribution in [1.29, 1.82) is 0 Å². The number of furan rings is 1. The van der Waals surface area contributed by atoms with Gasteiger partial charge in [0.1, 0.15) is 18.1 Å². The SMILES string of the molecule is CCCC(C)OCc1cc(C)c(CNC2CC2)o1. The molecule has 0 saturated heterocycles. The molecule has 102 valence electrons. The van der Waals surface area contributed by atoms with Crippen molar-refractivity contribution < 1.29 is 9.15 Å². The summed E-state index contributed by atoms with van der Waals surface area (Å²) in [6.45, 7) is 7.84. The summed E-state index contributed by atoms with van der Waals surface area (Å²) in [6, 6.07) is 2.82. The van der Waals surface area contributed by atoms with E-state index < -0.39 is 0 Å². The van der Waals surface area contributed by atoms with Gasteiger partial charge in [0, 0.05) is 6.04 Å². The average molecular weight is 251 g/mol. The Balaban J connectivity index is 1.79. The Morgan fingerprint density at radius 1 is 1.50 bits per heavy atom. The van der Waals surface area contributed by atoms with Gasteiger partial charge in [0.2, 0.25) is 0 Å². The third-order valence-electron chi connectivity index (χ3n) is 3.41. The van der Waals surface area contributed by atoms with Crippen molar-refractivity contribution in [2.24, 2.45) is 0 Å². The Kier molecular flexibility index (Phi) is 4.84. The van der Waals surface area contributed by atoms with Crippen LogP contribution in [-0.4, -0.2) is 12.1 Å². The second-order valence-corrected chi connectivity index (χ2v) is 5.38. The minimum Gasteiger partial charge on any atom is -0.462 e. The monoisotopic (exact) mass is 251 g/mol. The molecular formula is C15H25NO2. The summed E-state index contributed by atoms with van der Waals surface area (Å²) >= 11 is 0. The maximum atomic E-state index is 5.83. The molecule has 1 aromatic rings. The smallest absolute Gasteiger partial charge is 0.130 e. The summed E-state index contributed by atoms with van der Waals surface area (Å²) in [6.07, 6.45) is 5.20. The fraction of sp³-hybridized carbons (Fsp3) is 0.733. The highest BCUT2D eigenvalue weighted by molar-refractivity contribution is 5.19. The Morgan fingerprint density at radius 2 is 2.28 bits per heavy atom. The van der Waals surface area contributed by atoms with Gasteiger partial charge in [-0.05, 0) is 44.7 Å². The van der Waals surface area contributed by atoms with E-state index in [-0.39, 0.29) is 0 Å². The van der Waals surface area contributed by atoms with Crippen LogP contribution in [0.1, 0.15) is 56.6 Å². The van der Waals surface area contributed by atoms with E-state index in [0.29, 0.717) is 12.7 Å². The minimum absolute atomic E-state index is 0.313. The van der Waals surface area contributed by atoms with E-state index in [0.717, 1.165) is 36.9 Å². The van der Waals surface area contributed by atoms with Crippen LogP contribution in [0.2, 0.25) is 0 Å². The summed E-state index contributed by atoms with van der Waals surface area (Å²) in [7, 11) is 0. The van der Waals surface area contributed by atoms with E-state index in [2.05, 4.69) is 32.2 Å². The summed E-state index contributed by atoms with van der Waals surface area (Å²) in [4.78, 5) is 0. The van der Waals surface area contributed by atoms with Crippen molar-refractivity contribution in [3.8, 4) is 0 Å². The van der Waals surface area contributed by atoms with Crippen LogP contribution in [0.3, 0.4) is 0 Å². The molecule has 1 saturated carbocycles. The van der Waals surface area contributed by atoms with Gasteiger partial charge >= 0.3 is 0 Å². The summed E-state index contributed by atoms with van der Waals surface area (Å²) in [5, 5.41) is 3.48. The predicted molar refractivity (Wildman–Crippen MR) is 72.5 cm³/mol. The first kappa shape index (κ1) is 13.6. The molecule has 0 radical (unpaired) electrons. The lowest BCUT2D eigenvalue weighted by Crippen LogP contribution is -2.15. The lowest BCUT2D eigenvalue weighted by Gasteiger charge is -2.10. The molecule has 18 heavy (non-hydrogen) atoms. The van der Waals surface area contributed by atoms with Gasteiger partial charge in [-0.15, -0.1) is 0 Å². The standard InChI is InChI=1S/C15H25NO2/c1-4-5-12(3)17-10-14-8-11(2)15(18-14)9-16-13-6-7-13/h8,12-13,16H,4-7,9-10H2,1-3H3. The first-order valence-electron chi connectivity index (χ1n) is 7.12. The largest absolute Gasteiger partial charge is 0.462 e. The van der Waals surface area contributed by atoms with E-state index in [4.69, 9.17) is 9.15 Å². The molecule has 3 nitrogen and oxygen atoms in total. The highest BCUT2D eigenvalue weighted by Gasteiger charge is 2.21. The van der Waals surface area contributed by atoms with E-state index in [1.54, 1.807) is 0 Å². The normalized spacial score (nSPS) is 17.1. The highest BCUT2D eigenvalue weighted by atomic mass is 16.5. The van der Waals surface area contributed by atoms with Gasteiger partial charge in [0.15, 0.2) is 0 Å². The molecule has 0 aromatic carbocycles. The third-order valence-corrected chi connectivity index (χ3v) is 3.41.